The van der Waals surface area contributed by atoms with E-state index in [1.165, 1.54) is 0 Å². The van der Waals surface area contributed by atoms with Crippen LogP contribution in [0, 0.1) is 0 Å². The molecule has 7 heteroatoms. The van der Waals surface area contributed by atoms with E-state index >= 15 is 0 Å². The van der Waals surface area contributed by atoms with Gasteiger partial charge >= 0.3 is 0 Å². The number of nitrogens with one attached hydrogen (secondary N) is 2. The molecule has 0 fully saturated rings. The number of hydrogen-bond donors (Lipinski definition) is 2. The first-order valence-electron chi connectivity index (χ1n) is 7.77. The fourth-order valence-electron chi connectivity index (χ4n) is 1.96. The summed E-state index contributed by atoms with van der Waals surface area (Å²) in [5.74, 6) is 1.38. The Morgan fingerprint density at radius 1 is 1.16 bits per heavy atom. The van der Waals surface area contributed by atoms with Crippen molar-refractivity contribution in [1.82, 2.24) is 10.7 Å². The number of nitrogens with zero attached hydrogens (tertiary/aromatic N) is 1. The molecule has 0 heterocycles. The average molecular weight is 422 g/mol. The molecule has 0 aliphatic carbocycles. The van der Waals surface area contributed by atoms with E-state index in [4.69, 9.17) is 21.7 Å². The van der Waals surface area contributed by atoms with Crippen LogP contribution in [0.5, 0.6) is 11.5 Å². The highest BCUT2D eigenvalue weighted by atomic mass is 79.9. The van der Waals surface area contributed by atoms with E-state index in [1.54, 1.807) is 13.3 Å². The summed E-state index contributed by atoms with van der Waals surface area (Å²) in [7, 11) is 1.73. The Morgan fingerprint density at radius 2 is 1.92 bits per heavy atom. The van der Waals surface area contributed by atoms with Gasteiger partial charge in [0.05, 0.1) is 12.8 Å². The Bertz CT molecular complexity index is 736. The van der Waals surface area contributed by atoms with Crippen molar-refractivity contribution in [2.45, 2.75) is 13.5 Å². The van der Waals surface area contributed by atoms with Gasteiger partial charge in [0.2, 0.25) is 0 Å². The van der Waals surface area contributed by atoms with Crippen LogP contribution in [0.15, 0.2) is 52.0 Å². The highest BCUT2D eigenvalue weighted by molar-refractivity contribution is 9.10. The zero-order chi connectivity index (χ0) is 18.1. The Kier molecular flexibility index (Phi) is 7.69. The zero-order valence-electron chi connectivity index (χ0n) is 14.1. The first-order valence-corrected chi connectivity index (χ1v) is 8.97. The summed E-state index contributed by atoms with van der Waals surface area (Å²) >= 11 is 8.39. The number of ether oxygens (including phenoxy) is 2. The predicted molar refractivity (Wildman–Crippen MR) is 108 cm³/mol. The largest absolute Gasteiger partial charge is 0.490 e. The van der Waals surface area contributed by atoms with Gasteiger partial charge in [-0.1, -0.05) is 28.1 Å². The van der Waals surface area contributed by atoms with Crippen LogP contribution in [-0.2, 0) is 6.61 Å². The summed E-state index contributed by atoms with van der Waals surface area (Å²) in [6.07, 6.45) is 1.67. The lowest BCUT2D eigenvalue weighted by molar-refractivity contribution is 0.269. The SMILES string of the molecule is CCOc1cc(C=NNC(=S)NC)ccc1OCc1ccc(Br)cc1. The van der Waals surface area contributed by atoms with Crippen molar-refractivity contribution in [3.05, 3.63) is 58.1 Å². The Morgan fingerprint density at radius 3 is 2.60 bits per heavy atom. The van der Waals surface area contributed by atoms with E-state index in [2.05, 4.69) is 31.8 Å². The third kappa shape index (κ3) is 6.36. The van der Waals surface area contributed by atoms with Gasteiger partial charge in [-0.05, 0) is 60.6 Å². The molecular weight excluding hydrogens is 402 g/mol. The molecule has 25 heavy (non-hydrogen) atoms. The molecule has 2 N–H and O–H groups in total. The van der Waals surface area contributed by atoms with Crippen LogP contribution in [0.2, 0.25) is 0 Å². The standard InChI is InChI=1S/C18H20BrN3O2S/c1-3-23-17-10-14(11-21-22-18(25)20-2)6-9-16(17)24-12-13-4-7-15(19)8-5-13/h4-11H,3,12H2,1-2H3,(H2,20,22,25). The van der Waals surface area contributed by atoms with Crippen molar-refractivity contribution in [3.63, 3.8) is 0 Å². The number of benzene rings is 2. The molecule has 0 bridgehead atoms. The van der Waals surface area contributed by atoms with E-state index in [0.29, 0.717) is 29.8 Å². The highest BCUT2D eigenvalue weighted by Crippen LogP contribution is 2.29. The van der Waals surface area contributed by atoms with Gasteiger partial charge in [-0.2, -0.15) is 5.10 Å². The lowest BCUT2D eigenvalue weighted by atomic mass is 10.2. The number of hydrogen-bond acceptors (Lipinski definition) is 4. The molecule has 0 aromatic heterocycles. The molecule has 0 unspecified atom stereocenters. The van der Waals surface area contributed by atoms with Crippen molar-refractivity contribution >= 4 is 39.5 Å². The summed E-state index contributed by atoms with van der Waals surface area (Å²) in [5.41, 5.74) is 4.68. The van der Waals surface area contributed by atoms with E-state index in [9.17, 15) is 0 Å². The van der Waals surface area contributed by atoms with Gasteiger partial charge in [-0.3, -0.25) is 5.43 Å². The molecule has 2 aromatic rings. The maximum Gasteiger partial charge on any atom is 0.186 e. The van der Waals surface area contributed by atoms with Gasteiger partial charge in [0.1, 0.15) is 6.61 Å². The fraction of sp³-hybridized carbons (Fsp3) is 0.222. The molecule has 0 radical (unpaired) electrons. The normalized spacial score (nSPS) is 10.5. The number of hydrazone groups is 1. The average Bonchev–Trinajstić information content (AvgIpc) is 2.62. The van der Waals surface area contributed by atoms with Gasteiger partial charge in [0.15, 0.2) is 16.6 Å². The lowest BCUT2D eigenvalue weighted by Crippen LogP contribution is -2.28. The third-order valence-corrected chi connectivity index (χ3v) is 4.01. The first kappa shape index (κ1) is 19.2. The molecule has 0 spiro atoms. The monoisotopic (exact) mass is 421 g/mol. The lowest BCUT2D eigenvalue weighted by Gasteiger charge is -2.12. The van der Waals surface area contributed by atoms with Crippen molar-refractivity contribution < 1.29 is 9.47 Å². The smallest absolute Gasteiger partial charge is 0.186 e. The van der Waals surface area contributed by atoms with E-state index < -0.39 is 0 Å². The first-order chi connectivity index (χ1) is 12.1. The molecule has 2 rings (SSSR count). The van der Waals surface area contributed by atoms with Gasteiger partial charge in [-0.25, -0.2) is 0 Å². The second-order valence-corrected chi connectivity index (χ2v) is 6.33. The van der Waals surface area contributed by atoms with Gasteiger partial charge < -0.3 is 14.8 Å². The third-order valence-electron chi connectivity index (χ3n) is 3.18. The van der Waals surface area contributed by atoms with Crippen LogP contribution >= 0.6 is 28.1 Å². The maximum atomic E-state index is 5.90. The van der Waals surface area contributed by atoms with E-state index in [0.717, 1.165) is 15.6 Å². The molecule has 0 atom stereocenters. The summed E-state index contributed by atoms with van der Waals surface area (Å²) in [5, 5.41) is 7.31. The molecular formula is C18H20BrN3O2S. The van der Waals surface area contributed by atoms with Crippen LogP contribution in [0.1, 0.15) is 18.1 Å². The molecule has 2 aromatic carbocycles. The van der Waals surface area contributed by atoms with Crippen LogP contribution in [-0.4, -0.2) is 25.0 Å². The minimum absolute atomic E-state index is 0.454. The number of rotatable bonds is 7. The minimum Gasteiger partial charge on any atom is -0.490 e. The molecule has 132 valence electrons. The Labute approximate surface area is 161 Å². The highest BCUT2D eigenvalue weighted by Gasteiger charge is 2.06. The van der Waals surface area contributed by atoms with Gasteiger partial charge in [-0.15, -0.1) is 0 Å². The molecule has 0 aliphatic heterocycles. The predicted octanol–water partition coefficient (Wildman–Crippen LogP) is 3.85. The zero-order valence-corrected chi connectivity index (χ0v) is 16.5. The molecule has 0 saturated heterocycles. The second kappa shape index (κ2) is 10.0. The maximum absolute atomic E-state index is 5.90. The topological polar surface area (TPSA) is 54.9 Å². The molecule has 0 amide bonds. The Hall–Kier alpha value is -2.12. The van der Waals surface area contributed by atoms with Crippen molar-refractivity contribution in [2.24, 2.45) is 5.10 Å². The van der Waals surface area contributed by atoms with Crippen LogP contribution in [0.25, 0.3) is 0 Å². The minimum atomic E-state index is 0.454. The quantitative estimate of drug-likeness (QED) is 0.403. The number of thiocarbonyl (C=S) groups is 1. The molecule has 5 nitrogen and oxygen atoms in total. The van der Waals surface area contributed by atoms with Gasteiger partial charge in [0.25, 0.3) is 0 Å². The summed E-state index contributed by atoms with van der Waals surface area (Å²) in [6.45, 7) is 2.96. The van der Waals surface area contributed by atoms with Crippen LogP contribution < -0.4 is 20.2 Å². The molecule has 0 aliphatic rings. The Balaban J connectivity index is 2.06. The van der Waals surface area contributed by atoms with Crippen molar-refractivity contribution in [2.75, 3.05) is 13.7 Å². The summed E-state index contributed by atoms with van der Waals surface area (Å²) < 4.78 is 12.6. The van der Waals surface area contributed by atoms with Crippen LogP contribution in [0.4, 0.5) is 0 Å². The van der Waals surface area contributed by atoms with Gasteiger partial charge in [0, 0.05) is 11.5 Å². The fourth-order valence-corrected chi connectivity index (χ4v) is 2.27. The van der Waals surface area contributed by atoms with Crippen LogP contribution in [0.3, 0.4) is 0 Å². The van der Waals surface area contributed by atoms with E-state index in [1.807, 2.05) is 49.4 Å². The van der Waals surface area contributed by atoms with Crippen molar-refractivity contribution in [3.8, 4) is 11.5 Å². The summed E-state index contributed by atoms with van der Waals surface area (Å²) in [6, 6.07) is 13.7. The second-order valence-electron chi connectivity index (χ2n) is 5.00. The summed E-state index contributed by atoms with van der Waals surface area (Å²) in [4.78, 5) is 0. The molecule has 0 saturated carbocycles. The van der Waals surface area contributed by atoms with Crippen molar-refractivity contribution in [1.29, 1.82) is 0 Å². The number of halogens is 1. The van der Waals surface area contributed by atoms with E-state index in [-0.39, 0.29) is 0 Å².